The summed E-state index contributed by atoms with van der Waals surface area (Å²) in [6.45, 7) is 4.76. The second-order valence-electron chi connectivity index (χ2n) is 3.52. The van der Waals surface area contributed by atoms with Gasteiger partial charge in [-0.3, -0.25) is 10.1 Å². The number of hydrogen-bond acceptors (Lipinski definition) is 3. The number of rotatable bonds is 4. The van der Waals surface area contributed by atoms with E-state index in [1.165, 1.54) is 0 Å². The van der Waals surface area contributed by atoms with Crippen LogP contribution in [0.4, 0.5) is 0 Å². The highest BCUT2D eigenvalue weighted by Crippen LogP contribution is 2.12. The quantitative estimate of drug-likeness (QED) is 0.735. The number of carbonyl (C=O) groups is 1. The Bertz CT molecular complexity index is 186. The van der Waals surface area contributed by atoms with Gasteiger partial charge in [0.1, 0.15) is 0 Å². The van der Waals surface area contributed by atoms with Gasteiger partial charge >= 0.3 is 0 Å². The van der Waals surface area contributed by atoms with Gasteiger partial charge in [-0.05, 0) is 32.3 Å². The van der Waals surface area contributed by atoms with Crippen LogP contribution in [-0.2, 0) is 4.79 Å². The Hall–Kier alpha value is -0.220. The van der Waals surface area contributed by atoms with Crippen molar-refractivity contribution in [3.8, 4) is 0 Å². The van der Waals surface area contributed by atoms with Crippen LogP contribution in [0.3, 0.4) is 0 Å². The van der Waals surface area contributed by atoms with Gasteiger partial charge in [0.2, 0.25) is 5.91 Å². The molecule has 3 nitrogen and oxygen atoms in total. The van der Waals surface area contributed by atoms with Crippen molar-refractivity contribution in [2.75, 3.05) is 18.7 Å². The molecule has 1 N–H and O–H groups in total. The van der Waals surface area contributed by atoms with Crippen molar-refractivity contribution in [1.82, 2.24) is 10.2 Å². The SMILES string of the molecule is CSCCC(C)N1CNC(C)C1=O. The Morgan fingerprint density at radius 1 is 1.77 bits per heavy atom. The molecule has 0 aromatic rings. The second-order valence-corrected chi connectivity index (χ2v) is 4.51. The van der Waals surface area contributed by atoms with E-state index in [1.54, 1.807) is 0 Å². The lowest BCUT2D eigenvalue weighted by molar-refractivity contribution is -0.130. The maximum atomic E-state index is 11.6. The van der Waals surface area contributed by atoms with Crippen LogP contribution < -0.4 is 5.32 Å². The minimum atomic E-state index is 0.0109. The molecule has 1 amide bonds. The maximum absolute atomic E-state index is 11.6. The molecule has 0 aliphatic carbocycles. The number of carbonyl (C=O) groups excluding carboxylic acids is 1. The van der Waals surface area contributed by atoms with Crippen molar-refractivity contribution in [2.24, 2.45) is 0 Å². The summed E-state index contributed by atoms with van der Waals surface area (Å²) in [6.07, 6.45) is 3.18. The highest BCUT2D eigenvalue weighted by atomic mass is 32.2. The molecule has 2 unspecified atom stereocenters. The predicted molar refractivity (Wildman–Crippen MR) is 56.8 cm³/mol. The third-order valence-corrected chi connectivity index (χ3v) is 3.14. The van der Waals surface area contributed by atoms with Gasteiger partial charge in [0.15, 0.2) is 0 Å². The molecule has 1 aliphatic heterocycles. The molecular formula is C9H18N2OS. The van der Waals surface area contributed by atoms with Crippen LogP contribution in [0.1, 0.15) is 20.3 Å². The van der Waals surface area contributed by atoms with Gasteiger partial charge < -0.3 is 4.90 Å². The summed E-state index contributed by atoms with van der Waals surface area (Å²) in [5.74, 6) is 1.37. The maximum Gasteiger partial charge on any atom is 0.240 e. The van der Waals surface area contributed by atoms with Crippen molar-refractivity contribution in [3.63, 3.8) is 0 Å². The first kappa shape index (κ1) is 10.9. The van der Waals surface area contributed by atoms with Gasteiger partial charge in [-0.2, -0.15) is 11.8 Å². The van der Waals surface area contributed by atoms with Gasteiger partial charge in [0, 0.05) is 6.04 Å². The predicted octanol–water partition coefficient (Wildman–Crippen LogP) is 0.906. The summed E-state index contributed by atoms with van der Waals surface area (Å²) in [6, 6.07) is 0.383. The van der Waals surface area contributed by atoms with E-state index >= 15 is 0 Å². The zero-order valence-electron chi connectivity index (χ0n) is 8.54. The normalized spacial score (nSPS) is 25.3. The summed E-state index contributed by atoms with van der Waals surface area (Å²) in [5, 5.41) is 3.15. The fraction of sp³-hybridized carbons (Fsp3) is 0.889. The average Bonchev–Trinajstić information content (AvgIpc) is 2.44. The number of amides is 1. The fourth-order valence-corrected chi connectivity index (χ4v) is 2.04. The molecule has 0 saturated carbocycles. The first-order chi connectivity index (χ1) is 6.16. The molecule has 1 rings (SSSR count). The Balaban J connectivity index is 2.39. The highest BCUT2D eigenvalue weighted by molar-refractivity contribution is 7.98. The van der Waals surface area contributed by atoms with E-state index in [0.717, 1.165) is 18.8 Å². The first-order valence-corrected chi connectivity index (χ1v) is 6.09. The molecule has 4 heteroatoms. The van der Waals surface area contributed by atoms with Crippen LogP contribution in [0.5, 0.6) is 0 Å². The average molecular weight is 202 g/mol. The van der Waals surface area contributed by atoms with Crippen LogP contribution in [0.25, 0.3) is 0 Å². The van der Waals surface area contributed by atoms with Crippen molar-refractivity contribution in [1.29, 1.82) is 0 Å². The van der Waals surface area contributed by atoms with E-state index in [0.29, 0.717) is 6.04 Å². The van der Waals surface area contributed by atoms with Gasteiger partial charge in [-0.15, -0.1) is 0 Å². The van der Waals surface area contributed by atoms with Crippen LogP contribution in [0, 0.1) is 0 Å². The molecule has 13 heavy (non-hydrogen) atoms. The third-order valence-electron chi connectivity index (χ3n) is 2.49. The number of hydrogen-bond donors (Lipinski definition) is 1. The van der Waals surface area contributed by atoms with Crippen LogP contribution in [-0.4, -0.2) is 41.6 Å². The summed E-state index contributed by atoms with van der Waals surface area (Å²) in [7, 11) is 0. The van der Waals surface area contributed by atoms with Crippen molar-refractivity contribution in [3.05, 3.63) is 0 Å². The zero-order chi connectivity index (χ0) is 9.84. The van der Waals surface area contributed by atoms with Gasteiger partial charge in [0.25, 0.3) is 0 Å². The summed E-state index contributed by atoms with van der Waals surface area (Å²) in [5.41, 5.74) is 0. The molecule has 1 heterocycles. The van der Waals surface area contributed by atoms with Crippen LogP contribution >= 0.6 is 11.8 Å². The van der Waals surface area contributed by atoms with Crippen LogP contribution in [0.2, 0.25) is 0 Å². The molecule has 1 fully saturated rings. The number of thioether (sulfide) groups is 1. The second kappa shape index (κ2) is 4.86. The fourth-order valence-electron chi connectivity index (χ4n) is 1.47. The van der Waals surface area contributed by atoms with E-state index in [-0.39, 0.29) is 11.9 Å². The number of nitrogens with zero attached hydrogens (tertiary/aromatic N) is 1. The molecule has 2 atom stereocenters. The summed E-state index contributed by atoms with van der Waals surface area (Å²) in [4.78, 5) is 13.5. The molecule has 76 valence electrons. The minimum absolute atomic E-state index is 0.0109. The molecule has 0 aromatic carbocycles. The van der Waals surface area contributed by atoms with E-state index in [1.807, 2.05) is 23.6 Å². The lowest BCUT2D eigenvalue weighted by atomic mass is 10.2. The molecule has 0 bridgehead atoms. The molecule has 0 aromatic heterocycles. The Labute approximate surface area is 84.2 Å². The minimum Gasteiger partial charge on any atom is -0.326 e. The largest absolute Gasteiger partial charge is 0.326 e. The molecule has 0 spiro atoms. The van der Waals surface area contributed by atoms with Gasteiger partial charge in [-0.25, -0.2) is 0 Å². The lowest BCUT2D eigenvalue weighted by Gasteiger charge is -2.23. The standard InChI is InChI=1S/C9H18N2OS/c1-7(4-5-13-3)11-6-10-8(2)9(11)12/h7-8,10H,4-6H2,1-3H3. The number of nitrogens with one attached hydrogen (secondary N) is 1. The van der Waals surface area contributed by atoms with E-state index in [9.17, 15) is 4.79 Å². The van der Waals surface area contributed by atoms with Crippen molar-refractivity contribution >= 4 is 17.7 Å². The first-order valence-electron chi connectivity index (χ1n) is 4.69. The Morgan fingerprint density at radius 2 is 2.46 bits per heavy atom. The monoisotopic (exact) mass is 202 g/mol. The van der Waals surface area contributed by atoms with Crippen molar-refractivity contribution in [2.45, 2.75) is 32.4 Å². The Morgan fingerprint density at radius 3 is 2.92 bits per heavy atom. The smallest absolute Gasteiger partial charge is 0.240 e. The molecule has 1 saturated heterocycles. The molecular weight excluding hydrogens is 184 g/mol. The van der Waals surface area contributed by atoms with Crippen molar-refractivity contribution < 1.29 is 4.79 Å². The lowest BCUT2D eigenvalue weighted by Crippen LogP contribution is -2.36. The highest BCUT2D eigenvalue weighted by Gasteiger charge is 2.30. The Kier molecular flexibility index (Phi) is 4.06. The summed E-state index contributed by atoms with van der Waals surface area (Å²) >= 11 is 1.83. The van der Waals surface area contributed by atoms with E-state index in [2.05, 4.69) is 18.5 Å². The molecule has 0 radical (unpaired) electrons. The zero-order valence-corrected chi connectivity index (χ0v) is 9.36. The molecule has 1 aliphatic rings. The summed E-state index contributed by atoms with van der Waals surface area (Å²) < 4.78 is 0. The van der Waals surface area contributed by atoms with Gasteiger partial charge in [-0.1, -0.05) is 0 Å². The van der Waals surface area contributed by atoms with E-state index < -0.39 is 0 Å². The van der Waals surface area contributed by atoms with E-state index in [4.69, 9.17) is 0 Å². The third kappa shape index (κ3) is 2.61. The van der Waals surface area contributed by atoms with Gasteiger partial charge in [0.05, 0.1) is 12.7 Å². The van der Waals surface area contributed by atoms with Crippen LogP contribution in [0.15, 0.2) is 0 Å². The topological polar surface area (TPSA) is 32.3 Å².